The Labute approximate surface area is 605 Å². The number of unbranched alkanes of at least 4 members (excludes halogenated alkanes) is 43. The van der Waals surface area contributed by atoms with E-state index in [2.05, 4.69) is 65.8 Å². The van der Waals surface area contributed by atoms with E-state index >= 15 is 0 Å². The van der Waals surface area contributed by atoms with Crippen LogP contribution in [0.1, 0.15) is 395 Å². The van der Waals surface area contributed by atoms with E-state index in [-0.39, 0.29) is 25.7 Å². The van der Waals surface area contributed by atoms with Crippen LogP contribution in [0, 0.1) is 11.8 Å². The predicted molar refractivity (Wildman–Crippen MR) is 404 cm³/mol. The molecule has 0 fully saturated rings. The summed E-state index contributed by atoms with van der Waals surface area (Å²) in [6.07, 6.45) is 63.1. The van der Waals surface area contributed by atoms with E-state index in [1.54, 1.807) is 0 Å². The first-order valence-corrected chi connectivity index (χ1v) is 43.8. The van der Waals surface area contributed by atoms with Crippen molar-refractivity contribution in [1.82, 2.24) is 0 Å². The molecule has 19 heteroatoms. The van der Waals surface area contributed by atoms with E-state index in [9.17, 15) is 43.2 Å². The average Bonchev–Trinajstić information content (AvgIpc) is 2.67. The SMILES string of the molecule is CCCCCC/C=C\C=C/CCCCCCCC(=O)OC[C@H](COP(=O)(O)OC[C@@H](O)COP(=O)(O)OC[C@@H](COC(=O)CCCCCCCCCCC(C)CC)OC(=O)CCCCCCCCCCCCCCCCC)OC(=O)CCCCCCCCCCCCCCCCC(C)C. The number of ether oxygens (including phenoxy) is 4. The number of hydrogen-bond acceptors (Lipinski definition) is 15. The molecule has 3 unspecified atom stereocenters. The van der Waals surface area contributed by atoms with Crippen molar-refractivity contribution in [1.29, 1.82) is 0 Å². The van der Waals surface area contributed by atoms with E-state index in [0.717, 1.165) is 121 Å². The fraction of sp³-hybridized carbons (Fsp3) is 0.900. The lowest BCUT2D eigenvalue weighted by Gasteiger charge is -2.21. The van der Waals surface area contributed by atoms with Gasteiger partial charge in [0, 0.05) is 25.7 Å². The lowest BCUT2D eigenvalue weighted by molar-refractivity contribution is -0.161. The highest BCUT2D eigenvalue weighted by atomic mass is 31.2. The maximum atomic E-state index is 13.1. The van der Waals surface area contributed by atoms with E-state index < -0.39 is 97.5 Å². The molecule has 3 N–H and O–H groups in total. The largest absolute Gasteiger partial charge is 0.472 e. The molecule has 0 aromatic rings. The third-order valence-corrected chi connectivity index (χ3v) is 20.3. The lowest BCUT2D eigenvalue weighted by Crippen LogP contribution is -2.30. The summed E-state index contributed by atoms with van der Waals surface area (Å²) in [5, 5.41) is 10.6. The Morgan fingerprint density at radius 1 is 0.333 bits per heavy atom. The van der Waals surface area contributed by atoms with Gasteiger partial charge in [0.1, 0.15) is 19.3 Å². The van der Waals surface area contributed by atoms with Gasteiger partial charge in [-0.2, -0.15) is 0 Å². The Balaban J connectivity index is 5.30. The van der Waals surface area contributed by atoms with Gasteiger partial charge in [-0.3, -0.25) is 37.3 Å². The summed E-state index contributed by atoms with van der Waals surface area (Å²) in [6.45, 7) is 9.59. The number of aliphatic hydroxyl groups excluding tert-OH is 1. The molecule has 17 nitrogen and oxygen atoms in total. The number of phosphoric ester groups is 2. The smallest absolute Gasteiger partial charge is 0.462 e. The molecule has 584 valence electrons. The average molecular weight is 1450 g/mol. The second kappa shape index (κ2) is 71.2. The number of carbonyl (C=O) groups excluding carboxylic acids is 4. The first-order chi connectivity index (χ1) is 47.9. The van der Waals surface area contributed by atoms with Crippen molar-refractivity contribution < 1.29 is 80.2 Å². The minimum Gasteiger partial charge on any atom is -0.462 e. The zero-order valence-electron chi connectivity index (χ0n) is 64.3. The van der Waals surface area contributed by atoms with Crippen molar-refractivity contribution in [2.45, 2.75) is 413 Å². The maximum Gasteiger partial charge on any atom is 0.472 e. The molecule has 0 rings (SSSR count). The second-order valence-electron chi connectivity index (χ2n) is 28.8. The van der Waals surface area contributed by atoms with Crippen LogP contribution in [0.3, 0.4) is 0 Å². The van der Waals surface area contributed by atoms with Crippen LogP contribution in [0.25, 0.3) is 0 Å². The van der Waals surface area contributed by atoms with Crippen molar-refractivity contribution in [3.63, 3.8) is 0 Å². The van der Waals surface area contributed by atoms with Crippen molar-refractivity contribution >= 4 is 39.5 Å². The van der Waals surface area contributed by atoms with Crippen LogP contribution in [0.2, 0.25) is 0 Å². The molecule has 0 heterocycles. The summed E-state index contributed by atoms with van der Waals surface area (Å²) < 4.78 is 68.7. The van der Waals surface area contributed by atoms with Crippen LogP contribution in [-0.2, 0) is 65.4 Å². The first-order valence-electron chi connectivity index (χ1n) is 40.8. The van der Waals surface area contributed by atoms with E-state index in [1.165, 1.54) is 193 Å². The van der Waals surface area contributed by atoms with Gasteiger partial charge in [0.15, 0.2) is 12.2 Å². The van der Waals surface area contributed by atoms with Crippen molar-refractivity contribution in [3.05, 3.63) is 24.3 Å². The van der Waals surface area contributed by atoms with Gasteiger partial charge in [0.2, 0.25) is 0 Å². The molecule has 99 heavy (non-hydrogen) atoms. The standard InChI is InChI=1S/C80H152O17P2/c1-7-10-12-14-16-18-20-22-24-29-33-37-44-50-56-62-77(82)90-68-75(96-79(84)65-59-53-47-39-35-31-27-26-28-32-36-42-48-54-60-72(4)5)70-94-98(86,87)92-66-74(81)67-93-99(88,89)95-71-76(69-91-78(83)63-57-51-45-41-40-43-49-55-61-73(6)9-3)97-80(85)64-58-52-46-38-34-30-25-23-21-19-17-15-13-11-8-2/h18,20,22,24,72-76,81H,7-17,19,21,23,25-71H2,1-6H3,(H,86,87)(H,88,89)/b20-18-,24-22-/t73?,74-,75-,76-/m1/s1. The molecule has 0 aromatic carbocycles. The number of rotatable bonds is 77. The van der Waals surface area contributed by atoms with Crippen molar-refractivity contribution in [3.8, 4) is 0 Å². The summed E-state index contributed by atoms with van der Waals surface area (Å²) in [6, 6.07) is 0. The quantitative estimate of drug-likeness (QED) is 0.0169. The second-order valence-corrected chi connectivity index (χ2v) is 31.7. The fourth-order valence-electron chi connectivity index (χ4n) is 11.8. The van der Waals surface area contributed by atoms with E-state index in [1.807, 2.05) is 0 Å². The van der Waals surface area contributed by atoms with Crippen LogP contribution >= 0.6 is 15.6 Å². The zero-order chi connectivity index (χ0) is 72.8. The van der Waals surface area contributed by atoms with Gasteiger partial charge in [0.05, 0.1) is 26.4 Å². The Kier molecular flexibility index (Phi) is 69.4. The minimum atomic E-state index is -4.97. The predicted octanol–water partition coefficient (Wildman–Crippen LogP) is 23.4. The molecular formula is C80H152O17P2. The highest BCUT2D eigenvalue weighted by Crippen LogP contribution is 2.45. The molecule has 0 aliphatic heterocycles. The highest BCUT2D eigenvalue weighted by Gasteiger charge is 2.30. The maximum absolute atomic E-state index is 13.1. The van der Waals surface area contributed by atoms with E-state index in [0.29, 0.717) is 25.7 Å². The molecule has 6 atom stereocenters. The van der Waals surface area contributed by atoms with E-state index in [4.69, 9.17) is 37.0 Å². The van der Waals surface area contributed by atoms with Crippen LogP contribution in [-0.4, -0.2) is 96.7 Å². The summed E-state index contributed by atoms with van der Waals surface area (Å²) in [5.74, 6) is -0.570. The van der Waals surface area contributed by atoms with Gasteiger partial charge < -0.3 is 33.8 Å². The van der Waals surface area contributed by atoms with Gasteiger partial charge in [-0.15, -0.1) is 0 Å². The molecule has 0 spiro atoms. The Morgan fingerprint density at radius 3 is 0.909 bits per heavy atom. The number of esters is 4. The summed E-state index contributed by atoms with van der Waals surface area (Å²) in [5.41, 5.74) is 0. The van der Waals surface area contributed by atoms with Crippen LogP contribution in [0.5, 0.6) is 0 Å². The molecule has 0 saturated heterocycles. The molecule has 0 bridgehead atoms. The Hall–Kier alpha value is -2.46. The summed E-state index contributed by atoms with van der Waals surface area (Å²) in [7, 11) is -9.93. The number of aliphatic hydroxyl groups is 1. The monoisotopic (exact) mass is 1450 g/mol. The first kappa shape index (κ1) is 96.5. The lowest BCUT2D eigenvalue weighted by atomic mass is 9.99. The fourth-order valence-corrected chi connectivity index (χ4v) is 13.4. The number of carbonyl (C=O) groups is 4. The van der Waals surface area contributed by atoms with Crippen molar-refractivity contribution in [2.75, 3.05) is 39.6 Å². The van der Waals surface area contributed by atoms with Gasteiger partial charge in [0.25, 0.3) is 0 Å². The van der Waals surface area contributed by atoms with Crippen LogP contribution < -0.4 is 0 Å². The van der Waals surface area contributed by atoms with Gasteiger partial charge in [-0.25, -0.2) is 9.13 Å². The minimum absolute atomic E-state index is 0.101. The van der Waals surface area contributed by atoms with Crippen molar-refractivity contribution in [2.24, 2.45) is 11.8 Å². The number of allylic oxidation sites excluding steroid dienone is 4. The molecule has 0 aliphatic rings. The third-order valence-electron chi connectivity index (χ3n) is 18.4. The highest BCUT2D eigenvalue weighted by molar-refractivity contribution is 7.47. The van der Waals surface area contributed by atoms with Gasteiger partial charge >= 0.3 is 39.5 Å². The molecule has 0 radical (unpaired) electrons. The van der Waals surface area contributed by atoms with Crippen LogP contribution in [0.15, 0.2) is 24.3 Å². The Bertz CT molecular complexity index is 2000. The topological polar surface area (TPSA) is 237 Å². The zero-order valence-corrected chi connectivity index (χ0v) is 66.1. The van der Waals surface area contributed by atoms with Crippen LogP contribution in [0.4, 0.5) is 0 Å². The molecular weight excluding hydrogens is 1290 g/mol. The number of hydrogen-bond donors (Lipinski definition) is 3. The van der Waals surface area contributed by atoms with Gasteiger partial charge in [-0.05, 0) is 63.2 Å². The van der Waals surface area contributed by atoms with Gasteiger partial charge in [-0.1, -0.05) is 342 Å². The normalized spacial score (nSPS) is 14.4. The molecule has 0 aliphatic carbocycles. The Morgan fingerprint density at radius 2 is 0.596 bits per heavy atom. The third kappa shape index (κ3) is 72.3. The molecule has 0 aromatic heterocycles. The molecule has 0 saturated carbocycles. The summed E-state index contributed by atoms with van der Waals surface area (Å²) in [4.78, 5) is 73.0. The summed E-state index contributed by atoms with van der Waals surface area (Å²) >= 11 is 0. The number of phosphoric acid groups is 2. The molecule has 0 amide bonds.